The van der Waals surface area contributed by atoms with Crippen LogP contribution in [0.1, 0.15) is 35.2 Å². The van der Waals surface area contributed by atoms with Crippen LogP contribution in [0.25, 0.3) is 4.85 Å². The van der Waals surface area contributed by atoms with Crippen molar-refractivity contribution in [3.63, 3.8) is 0 Å². The number of alkyl halides is 3. The number of nitrogens with zero attached hydrogens (tertiary/aromatic N) is 5. The number of sulfone groups is 1. The van der Waals surface area contributed by atoms with Gasteiger partial charge < -0.3 is 5.32 Å². The number of halogens is 3. The van der Waals surface area contributed by atoms with Gasteiger partial charge in [-0.2, -0.15) is 23.5 Å². The molecule has 0 unspecified atom stereocenters. The fraction of sp³-hybridized carbons (Fsp3) is 0.200. The molecule has 0 aliphatic carbocycles. The van der Waals surface area contributed by atoms with E-state index in [9.17, 15) is 31.6 Å². The summed E-state index contributed by atoms with van der Waals surface area (Å²) in [6.07, 6.45) is -1.74. The minimum Gasteiger partial charge on any atom is -0.335 e. The highest BCUT2D eigenvalue weighted by atomic mass is 32.2. The van der Waals surface area contributed by atoms with Gasteiger partial charge >= 0.3 is 12.2 Å². The van der Waals surface area contributed by atoms with Crippen molar-refractivity contribution in [1.82, 2.24) is 15.1 Å². The maximum absolute atomic E-state index is 13.4. The summed E-state index contributed by atoms with van der Waals surface area (Å²) in [7, 11) is -2.46. The van der Waals surface area contributed by atoms with Gasteiger partial charge in [0.2, 0.25) is 5.70 Å². The summed E-state index contributed by atoms with van der Waals surface area (Å²) in [5, 5.41) is 15.9. The molecule has 9 nitrogen and oxygen atoms in total. The number of hydrogen-bond acceptors (Lipinski definition) is 5. The van der Waals surface area contributed by atoms with Crippen molar-refractivity contribution in [2.24, 2.45) is 7.05 Å². The second-order valence-electron chi connectivity index (χ2n) is 8.49. The molecule has 1 aliphatic heterocycles. The average Bonchev–Trinajstić information content (AvgIpc) is 3.26. The lowest BCUT2D eigenvalue weighted by Crippen LogP contribution is -2.46. The van der Waals surface area contributed by atoms with Gasteiger partial charge in [0.15, 0.2) is 9.84 Å². The van der Waals surface area contributed by atoms with E-state index in [1.807, 2.05) is 6.07 Å². The van der Waals surface area contributed by atoms with Gasteiger partial charge in [0, 0.05) is 30.2 Å². The fourth-order valence-electron chi connectivity index (χ4n) is 4.19. The Labute approximate surface area is 216 Å². The molecule has 0 saturated carbocycles. The number of rotatable bonds is 5. The van der Waals surface area contributed by atoms with Gasteiger partial charge in [-0.3, -0.25) is 9.58 Å². The van der Waals surface area contributed by atoms with E-state index in [4.69, 9.17) is 6.57 Å². The second-order valence-corrected chi connectivity index (χ2v) is 10.5. The Hall–Kier alpha value is -4.62. The first-order chi connectivity index (χ1) is 17.9. The number of anilines is 1. The van der Waals surface area contributed by atoms with Crippen LogP contribution < -0.4 is 10.2 Å². The van der Waals surface area contributed by atoms with Crippen LogP contribution in [0.15, 0.2) is 71.1 Å². The van der Waals surface area contributed by atoms with Gasteiger partial charge in [0.1, 0.15) is 0 Å². The van der Waals surface area contributed by atoms with Crippen LogP contribution in [0.2, 0.25) is 0 Å². The molecule has 3 aromatic rings. The SMILES string of the molecule is [C-]#[N+]C1=C(C)N(c2cccc(C(F)(F)F)c2)C(=O)N[C@@H]1c1ccc(C#N)cc1S(=O)(=O)Cc1cnn(C)c1. The molecule has 2 aromatic carbocycles. The van der Waals surface area contributed by atoms with Gasteiger partial charge in [-0.25, -0.2) is 18.1 Å². The van der Waals surface area contributed by atoms with Crippen molar-refractivity contribution >= 4 is 21.6 Å². The standard InChI is InChI=1S/C25H19F3N6O3S/c1-15-22(30-2)23(32-24(35)34(15)19-6-4-5-18(10-19)25(26,27)28)20-8-7-16(11-29)9-21(20)38(36,37)14-17-12-31-33(3)13-17/h4-10,12-13,23H,14H2,1,3H3,(H,32,35)/t23-/m1/s1. The van der Waals surface area contributed by atoms with Crippen LogP contribution in [-0.2, 0) is 28.8 Å². The molecule has 4 rings (SSSR count). The number of nitriles is 1. The quantitative estimate of drug-likeness (QED) is 0.471. The lowest BCUT2D eigenvalue weighted by molar-refractivity contribution is -0.137. The molecule has 0 fully saturated rings. The number of amides is 2. The molecule has 2 heterocycles. The average molecular weight is 541 g/mol. The summed E-state index contributed by atoms with van der Waals surface area (Å²) in [6.45, 7) is 9.15. The van der Waals surface area contributed by atoms with E-state index in [0.717, 1.165) is 23.1 Å². The van der Waals surface area contributed by atoms with Crippen molar-refractivity contribution in [2.45, 2.75) is 29.8 Å². The summed E-state index contributed by atoms with van der Waals surface area (Å²) in [6, 6.07) is 7.78. The summed E-state index contributed by atoms with van der Waals surface area (Å²) >= 11 is 0. The third-order valence-electron chi connectivity index (χ3n) is 5.91. The Bertz CT molecular complexity index is 1660. The van der Waals surface area contributed by atoms with Crippen LogP contribution >= 0.6 is 0 Å². The minimum absolute atomic E-state index is 0.0352. The molecular weight excluding hydrogens is 521 g/mol. The number of aromatic nitrogens is 2. The maximum Gasteiger partial charge on any atom is 0.416 e. The number of carbonyl (C=O) groups excluding carboxylic acids is 1. The van der Waals surface area contributed by atoms with Crippen LogP contribution in [0.5, 0.6) is 0 Å². The Morgan fingerprint density at radius 3 is 2.58 bits per heavy atom. The molecule has 0 spiro atoms. The van der Waals surface area contributed by atoms with Crippen molar-refractivity contribution in [3.05, 3.63) is 99.9 Å². The summed E-state index contributed by atoms with van der Waals surface area (Å²) in [5.41, 5.74) is -0.651. The van der Waals surface area contributed by atoms with E-state index in [1.165, 1.54) is 48.3 Å². The molecule has 0 radical (unpaired) electrons. The van der Waals surface area contributed by atoms with Gasteiger partial charge in [-0.1, -0.05) is 12.1 Å². The van der Waals surface area contributed by atoms with Crippen LogP contribution in [0, 0.1) is 17.9 Å². The van der Waals surface area contributed by atoms with Crippen molar-refractivity contribution in [2.75, 3.05) is 4.90 Å². The molecule has 1 atom stereocenters. The van der Waals surface area contributed by atoms with Crippen molar-refractivity contribution < 1.29 is 26.4 Å². The highest BCUT2D eigenvalue weighted by Crippen LogP contribution is 2.39. The maximum atomic E-state index is 13.4. The second kappa shape index (κ2) is 9.68. The molecule has 1 aromatic heterocycles. The van der Waals surface area contributed by atoms with Crippen LogP contribution in [-0.4, -0.2) is 24.2 Å². The molecule has 1 N–H and O–H groups in total. The van der Waals surface area contributed by atoms with E-state index in [-0.39, 0.29) is 33.1 Å². The smallest absolute Gasteiger partial charge is 0.335 e. The number of aryl methyl sites for hydroxylation is 1. The predicted octanol–water partition coefficient (Wildman–Crippen LogP) is 4.71. The van der Waals surface area contributed by atoms with Gasteiger partial charge in [-0.15, -0.1) is 0 Å². The molecule has 38 heavy (non-hydrogen) atoms. The van der Waals surface area contributed by atoms with Crippen LogP contribution in [0.3, 0.4) is 0 Å². The Balaban J connectivity index is 1.83. The molecule has 0 saturated heterocycles. The third kappa shape index (κ3) is 4.96. The summed E-state index contributed by atoms with van der Waals surface area (Å²) < 4.78 is 68.1. The Kier molecular flexibility index (Phi) is 6.74. The number of hydrogen-bond donors (Lipinski definition) is 1. The zero-order valence-electron chi connectivity index (χ0n) is 20.0. The highest BCUT2D eigenvalue weighted by Gasteiger charge is 2.38. The van der Waals surface area contributed by atoms with E-state index >= 15 is 0 Å². The molecular formula is C25H19F3N6O3S. The van der Waals surface area contributed by atoms with Crippen LogP contribution in [0.4, 0.5) is 23.7 Å². The normalized spacial score (nSPS) is 16.1. The van der Waals surface area contributed by atoms with Gasteiger partial charge in [0.05, 0.1) is 46.7 Å². The van der Waals surface area contributed by atoms with E-state index in [1.54, 1.807) is 7.05 Å². The van der Waals surface area contributed by atoms with E-state index in [2.05, 4.69) is 15.3 Å². The lowest BCUT2D eigenvalue weighted by Gasteiger charge is -2.34. The Morgan fingerprint density at radius 2 is 1.97 bits per heavy atom. The van der Waals surface area contributed by atoms with Gasteiger partial charge in [0.25, 0.3) is 0 Å². The first-order valence-electron chi connectivity index (χ1n) is 11.0. The first kappa shape index (κ1) is 26.4. The minimum atomic E-state index is -4.65. The number of urea groups is 1. The number of nitrogens with one attached hydrogen (secondary N) is 1. The molecule has 194 valence electrons. The number of benzene rings is 2. The molecule has 0 bridgehead atoms. The zero-order valence-corrected chi connectivity index (χ0v) is 20.8. The summed E-state index contributed by atoms with van der Waals surface area (Å²) in [5.74, 6) is -0.449. The predicted molar refractivity (Wildman–Crippen MR) is 130 cm³/mol. The summed E-state index contributed by atoms with van der Waals surface area (Å²) in [4.78, 5) is 17.4. The molecule has 2 amide bonds. The van der Waals surface area contributed by atoms with Crippen molar-refractivity contribution in [1.29, 1.82) is 5.26 Å². The lowest BCUT2D eigenvalue weighted by atomic mass is 9.99. The number of allylic oxidation sites excluding steroid dienone is 1. The first-order valence-corrected chi connectivity index (χ1v) is 12.6. The largest absolute Gasteiger partial charge is 0.416 e. The van der Waals surface area contributed by atoms with Gasteiger partial charge in [-0.05, 0) is 42.8 Å². The topological polar surface area (TPSA) is 112 Å². The molecule has 13 heteroatoms. The zero-order chi connectivity index (χ0) is 27.8. The van der Waals surface area contributed by atoms with E-state index < -0.39 is 39.4 Å². The highest BCUT2D eigenvalue weighted by molar-refractivity contribution is 7.90. The van der Waals surface area contributed by atoms with E-state index in [0.29, 0.717) is 5.56 Å². The molecule has 1 aliphatic rings. The Morgan fingerprint density at radius 1 is 1.24 bits per heavy atom. The third-order valence-corrected chi connectivity index (χ3v) is 7.64. The monoisotopic (exact) mass is 540 g/mol. The fourth-order valence-corrected chi connectivity index (χ4v) is 5.79. The number of carbonyl (C=O) groups is 1. The van der Waals surface area contributed by atoms with Crippen molar-refractivity contribution in [3.8, 4) is 6.07 Å².